The molecule has 3 aromatic rings. The van der Waals surface area contributed by atoms with Crippen LogP contribution in [0.1, 0.15) is 25.7 Å². The minimum atomic E-state index is -3.62. The monoisotopic (exact) mass is 442 g/mol. The van der Waals surface area contributed by atoms with E-state index in [4.69, 9.17) is 4.74 Å². The topological polar surface area (TPSA) is 93.5 Å². The Balaban J connectivity index is 1.46. The van der Waals surface area contributed by atoms with Crippen molar-refractivity contribution in [1.82, 2.24) is 23.8 Å². The smallest absolute Gasteiger partial charge is 0.262 e. The number of ether oxygens (including phenoxy) is 1. The van der Waals surface area contributed by atoms with Crippen LogP contribution >= 0.6 is 0 Å². The maximum absolute atomic E-state index is 13.0. The van der Waals surface area contributed by atoms with Gasteiger partial charge in [-0.05, 0) is 32.9 Å². The van der Waals surface area contributed by atoms with Gasteiger partial charge in [0, 0.05) is 44.5 Å². The number of sulfonamides is 1. The van der Waals surface area contributed by atoms with Gasteiger partial charge in [-0.2, -0.15) is 9.29 Å². The van der Waals surface area contributed by atoms with Crippen molar-refractivity contribution >= 4 is 15.8 Å². The first kappa shape index (κ1) is 21.3. The van der Waals surface area contributed by atoms with E-state index in [-0.39, 0.29) is 11.1 Å². The lowest BCUT2D eigenvalue weighted by Crippen LogP contribution is -2.49. The molecule has 1 aliphatic heterocycles. The van der Waals surface area contributed by atoms with Gasteiger partial charge in [0.25, 0.3) is 10.0 Å². The van der Waals surface area contributed by atoms with Crippen LogP contribution in [0.15, 0.2) is 53.9 Å². The molecule has 1 saturated heterocycles. The van der Waals surface area contributed by atoms with Crippen molar-refractivity contribution in [2.75, 3.05) is 31.1 Å². The minimum absolute atomic E-state index is 0.0890. The van der Waals surface area contributed by atoms with Gasteiger partial charge in [0.15, 0.2) is 5.03 Å². The van der Waals surface area contributed by atoms with Crippen molar-refractivity contribution < 1.29 is 13.2 Å². The van der Waals surface area contributed by atoms with E-state index in [1.807, 2.05) is 56.0 Å². The number of hydrogen-bond acceptors (Lipinski definition) is 7. The number of aryl methyl sites for hydroxylation is 1. The van der Waals surface area contributed by atoms with Crippen LogP contribution in [0, 0.1) is 6.92 Å². The van der Waals surface area contributed by atoms with Crippen LogP contribution in [0.25, 0.3) is 0 Å². The summed E-state index contributed by atoms with van der Waals surface area (Å²) < 4.78 is 35.0. The second kappa shape index (κ2) is 8.64. The lowest BCUT2D eigenvalue weighted by Gasteiger charge is -2.34. The zero-order valence-corrected chi connectivity index (χ0v) is 18.7. The molecule has 0 aliphatic carbocycles. The molecule has 0 amide bonds. The van der Waals surface area contributed by atoms with E-state index in [0.717, 1.165) is 5.82 Å². The predicted octanol–water partition coefficient (Wildman–Crippen LogP) is 2.87. The summed E-state index contributed by atoms with van der Waals surface area (Å²) in [6.45, 7) is 7.53. The third kappa shape index (κ3) is 4.70. The molecule has 0 N–H and O–H groups in total. The SMILES string of the molecule is Cc1nc(Oc2ccccc2)cc(N2CCN(S(=O)(=O)c3cn(C(C)C)cn3)CC2)n1. The standard InChI is InChI=1S/C21H26N6O3S/c1-16(2)26-14-21(22-15-26)31(28,29)27-11-9-25(10-12-27)19-13-20(24-17(3)23-19)30-18-7-5-4-6-8-18/h4-8,13-16H,9-12H2,1-3H3. The Bertz CT molecular complexity index is 1140. The molecule has 3 heterocycles. The maximum atomic E-state index is 13.0. The zero-order chi connectivity index (χ0) is 22.0. The molecular formula is C21H26N6O3S. The molecule has 0 atom stereocenters. The molecule has 1 aliphatic rings. The molecule has 0 bridgehead atoms. The van der Waals surface area contributed by atoms with Gasteiger partial charge in [-0.3, -0.25) is 0 Å². The van der Waals surface area contributed by atoms with E-state index in [0.29, 0.717) is 43.6 Å². The number of anilines is 1. The number of nitrogens with zero attached hydrogens (tertiary/aromatic N) is 6. The van der Waals surface area contributed by atoms with E-state index >= 15 is 0 Å². The highest BCUT2D eigenvalue weighted by Crippen LogP contribution is 2.25. The fourth-order valence-corrected chi connectivity index (χ4v) is 4.72. The minimum Gasteiger partial charge on any atom is -0.439 e. The Morgan fingerprint density at radius 2 is 1.74 bits per heavy atom. The van der Waals surface area contributed by atoms with Crippen LogP contribution in [-0.4, -0.2) is 58.4 Å². The van der Waals surface area contributed by atoms with Crippen LogP contribution in [0.3, 0.4) is 0 Å². The highest BCUT2D eigenvalue weighted by atomic mass is 32.2. The van der Waals surface area contributed by atoms with E-state index in [9.17, 15) is 8.42 Å². The average molecular weight is 443 g/mol. The van der Waals surface area contributed by atoms with Crippen LogP contribution in [0.5, 0.6) is 11.6 Å². The first-order chi connectivity index (χ1) is 14.8. The molecule has 10 heteroatoms. The molecule has 0 radical (unpaired) electrons. The Morgan fingerprint density at radius 1 is 1.03 bits per heavy atom. The van der Waals surface area contributed by atoms with Crippen molar-refractivity contribution in [2.45, 2.75) is 31.8 Å². The van der Waals surface area contributed by atoms with Gasteiger partial charge in [0.05, 0.1) is 6.33 Å². The molecule has 4 rings (SSSR count). The van der Waals surface area contributed by atoms with Gasteiger partial charge in [0.1, 0.15) is 17.4 Å². The molecule has 0 saturated carbocycles. The van der Waals surface area contributed by atoms with E-state index in [2.05, 4.69) is 15.0 Å². The summed E-state index contributed by atoms with van der Waals surface area (Å²) in [5.41, 5.74) is 0. The molecule has 1 fully saturated rings. The third-order valence-electron chi connectivity index (χ3n) is 5.11. The number of hydrogen-bond donors (Lipinski definition) is 0. The maximum Gasteiger partial charge on any atom is 0.262 e. The van der Waals surface area contributed by atoms with E-state index in [1.165, 1.54) is 4.31 Å². The normalized spacial score (nSPS) is 15.4. The van der Waals surface area contributed by atoms with Gasteiger partial charge < -0.3 is 14.2 Å². The molecule has 9 nitrogen and oxygen atoms in total. The number of piperazine rings is 1. The Labute approximate surface area is 182 Å². The molecule has 1 aromatic carbocycles. The van der Waals surface area contributed by atoms with Crippen molar-refractivity contribution in [3.05, 3.63) is 54.7 Å². The summed E-state index contributed by atoms with van der Waals surface area (Å²) in [6, 6.07) is 11.4. The number of rotatable bonds is 6. The predicted molar refractivity (Wildman–Crippen MR) is 117 cm³/mol. The lowest BCUT2D eigenvalue weighted by molar-refractivity contribution is 0.381. The second-order valence-electron chi connectivity index (χ2n) is 7.67. The summed E-state index contributed by atoms with van der Waals surface area (Å²) in [4.78, 5) is 15.0. The molecule has 0 spiro atoms. The highest BCUT2D eigenvalue weighted by Gasteiger charge is 2.31. The summed E-state index contributed by atoms with van der Waals surface area (Å²) >= 11 is 0. The van der Waals surface area contributed by atoms with Crippen LogP contribution < -0.4 is 9.64 Å². The number of para-hydroxylation sites is 1. The van der Waals surface area contributed by atoms with Gasteiger partial charge in [-0.1, -0.05) is 18.2 Å². The van der Waals surface area contributed by atoms with Crippen molar-refractivity contribution in [3.63, 3.8) is 0 Å². The van der Waals surface area contributed by atoms with Gasteiger partial charge in [0.2, 0.25) is 5.88 Å². The largest absolute Gasteiger partial charge is 0.439 e. The van der Waals surface area contributed by atoms with Crippen molar-refractivity contribution in [3.8, 4) is 11.6 Å². The number of aromatic nitrogens is 4. The molecule has 31 heavy (non-hydrogen) atoms. The van der Waals surface area contributed by atoms with Gasteiger partial charge in [-0.15, -0.1) is 0 Å². The summed E-state index contributed by atoms with van der Waals surface area (Å²) in [5.74, 6) is 2.48. The first-order valence-electron chi connectivity index (χ1n) is 10.2. The fourth-order valence-electron chi connectivity index (χ4n) is 3.37. The molecule has 2 aromatic heterocycles. The third-order valence-corrected chi connectivity index (χ3v) is 6.89. The quantitative estimate of drug-likeness (QED) is 0.579. The second-order valence-corrected chi connectivity index (χ2v) is 9.56. The van der Waals surface area contributed by atoms with E-state index in [1.54, 1.807) is 23.2 Å². The molecular weight excluding hydrogens is 416 g/mol. The Hall–Kier alpha value is -2.98. The summed E-state index contributed by atoms with van der Waals surface area (Å²) in [6.07, 6.45) is 3.15. The number of imidazole rings is 1. The van der Waals surface area contributed by atoms with Crippen LogP contribution in [-0.2, 0) is 10.0 Å². The molecule has 0 unspecified atom stereocenters. The van der Waals surface area contributed by atoms with Crippen LogP contribution in [0.2, 0.25) is 0 Å². The first-order valence-corrected chi connectivity index (χ1v) is 11.6. The van der Waals surface area contributed by atoms with E-state index < -0.39 is 10.0 Å². The highest BCUT2D eigenvalue weighted by molar-refractivity contribution is 7.89. The average Bonchev–Trinajstić information content (AvgIpc) is 3.26. The summed E-state index contributed by atoms with van der Waals surface area (Å²) in [7, 11) is -3.62. The van der Waals surface area contributed by atoms with Crippen LogP contribution in [0.4, 0.5) is 5.82 Å². The van der Waals surface area contributed by atoms with Crippen molar-refractivity contribution in [2.24, 2.45) is 0 Å². The molecule has 164 valence electrons. The van der Waals surface area contributed by atoms with Gasteiger partial charge >= 0.3 is 0 Å². The van der Waals surface area contributed by atoms with Gasteiger partial charge in [-0.25, -0.2) is 18.4 Å². The Kier molecular flexibility index (Phi) is 5.92. The summed E-state index contributed by atoms with van der Waals surface area (Å²) in [5, 5.41) is 0.0890. The van der Waals surface area contributed by atoms with Crippen molar-refractivity contribution in [1.29, 1.82) is 0 Å². The fraction of sp³-hybridized carbons (Fsp3) is 0.381. The number of benzene rings is 1. The lowest BCUT2D eigenvalue weighted by atomic mass is 10.3. The zero-order valence-electron chi connectivity index (χ0n) is 17.8. The Morgan fingerprint density at radius 3 is 2.39 bits per heavy atom.